The maximum atomic E-state index is 11.9. The van der Waals surface area contributed by atoms with Gasteiger partial charge in [0.15, 0.2) is 0 Å². The zero-order valence-corrected chi connectivity index (χ0v) is 20.7. The van der Waals surface area contributed by atoms with Crippen LogP contribution in [-0.4, -0.2) is 17.7 Å². The molecule has 0 atom stereocenters. The van der Waals surface area contributed by atoms with Gasteiger partial charge in [0.2, 0.25) is 0 Å². The Bertz CT molecular complexity index is 1380. The molecule has 4 aromatic carbocycles. The number of fused-ring (bicyclic) bond motifs is 1. The van der Waals surface area contributed by atoms with E-state index >= 15 is 0 Å². The minimum Gasteiger partial charge on any atom is -0.462 e. The van der Waals surface area contributed by atoms with Gasteiger partial charge in [0, 0.05) is 12.0 Å². The van der Waals surface area contributed by atoms with Crippen LogP contribution in [0.4, 0.5) is 0 Å². The molecule has 35 heavy (non-hydrogen) atoms. The Kier molecular flexibility index (Phi) is 7.48. The number of carbonyl (C=O) groups is 1. The van der Waals surface area contributed by atoms with Crippen molar-refractivity contribution in [3.05, 3.63) is 107 Å². The molecule has 0 aliphatic carbocycles. The molecule has 0 aliphatic heterocycles. The van der Waals surface area contributed by atoms with E-state index in [1.807, 2.05) is 24.3 Å². The molecule has 0 amide bonds. The van der Waals surface area contributed by atoms with Crippen LogP contribution in [0.25, 0.3) is 33.0 Å². The monoisotopic (exact) mass is 464 g/mol. The van der Waals surface area contributed by atoms with Crippen LogP contribution in [0.15, 0.2) is 84.9 Å². The summed E-state index contributed by atoms with van der Waals surface area (Å²) in [6.45, 7) is 9.95. The van der Waals surface area contributed by atoms with Crippen molar-refractivity contribution < 1.29 is 14.6 Å². The molecule has 3 nitrogen and oxygen atoms in total. The molecule has 178 valence electrons. The topological polar surface area (TPSA) is 46.5 Å². The number of carbonyl (C=O) groups excluding carboxylic acids is 1. The Morgan fingerprint density at radius 3 is 2.29 bits per heavy atom. The molecule has 0 aliphatic rings. The van der Waals surface area contributed by atoms with E-state index in [1.165, 1.54) is 22.3 Å². The third-order valence-corrected chi connectivity index (χ3v) is 6.42. The molecule has 0 spiro atoms. The first-order valence-electron chi connectivity index (χ1n) is 12.1. The van der Waals surface area contributed by atoms with Crippen molar-refractivity contribution in [1.82, 2.24) is 0 Å². The molecule has 0 bridgehead atoms. The van der Waals surface area contributed by atoms with Gasteiger partial charge in [0.1, 0.15) is 0 Å². The summed E-state index contributed by atoms with van der Waals surface area (Å²) < 4.78 is 5.41. The average Bonchev–Trinajstić information content (AvgIpc) is 2.87. The summed E-state index contributed by atoms with van der Waals surface area (Å²) >= 11 is 0. The van der Waals surface area contributed by atoms with Crippen LogP contribution in [0.3, 0.4) is 0 Å². The standard InChI is InChI=1S/C32H32O3/c1-5-24-16-22(4)6-13-30(24)27-12-11-26-19-31(25-9-7-23(20-33)8-10-25)28(18-29(26)17-27)14-15-35-32(34)21(2)3/h6-13,16-19,33H,2,5,14-15,20H2,1,3-4H3. The quantitative estimate of drug-likeness (QED) is 0.222. The highest BCUT2D eigenvalue weighted by molar-refractivity contribution is 5.92. The summed E-state index contributed by atoms with van der Waals surface area (Å²) in [7, 11) is 0. The lowest BCUT2D eigenvalue weighted by molar-refractivity contribution is -0.138. The molecule has 0 fully saturated rings. The van der Waals surface area contributed by atoms with Gasteiger partial charge >= 0.3 is 5.97 Å². The second-order valence-corrected chi connectivity index (χ2v) is 9.11. The summed E-state index contributed by atoms with van der Waals surface area (Å²) in [4.78, 5) is 11.9. The number of rotatable bonds is 8. The average molecular weight is 465 g/mol. The predicted molar refractivity (Wildman–Crippen MR) is 144 cm³/mol. The van der Waals surface area contributed by atoms with E-state index in [4.69, 9.17) is 4.74 Å². The fourth-order valence-electron chi connectivity index (χ4n) is 4.45. The third kappa shape index (κ3) is 5.52. The number of benzene rings is 4. The van der Waals surface area contributed by atoms with Crippen LogP contribution >= 0.6 is 0 Å². The summed E-state index contributed by atoms with van der Waals surface area (Å²) in [5, 5.41) is 11.7. The largest absolute Gasteiger partial charge is 0.462 e. The third-order valence-electron chi connectivity index (χ3n) is 6.42. The Hall–Kier alpha value is -3.69. The van der Waals surface area contributed by atoms with E-state index in [-0.39, 0.29) is 19.2 Å². The normalized spacial score (nSPS) is 11.0. The molecule has 0 unspecified atom stereocenters. The van der Waals surface area contributed by atoms with Gasteiger partial charge in [-0.2, -0.15) is 0 Å². The second-order valence-electron chi connectivity index (χ2n) is 9.11. The van der Waals surface area contributed by atoms with Crippen molar-refractivity contribution >= 4 is 16.7 Å². The van der Waals surface area contributed by atoms with Crippen molar-refractivity contribution in [2.75, 3.05) is 6.61 Å². The number of ether oxygens (including phenoxy) is 1. The van der Waals surface area contributed by atoms with Crippen molar-refractivity contribution in [3.8, 4) is 22.3 Å². The van der Waals surface area contributed by atoms with Crippen LogP contribution in [0.1, 0.15) is 36.1 Å². The lowest BCUT2D eigenvalue weighted by Gasteiger charge is -2.15. The molecular weight excluding hydrogens is 432 g/mol. The number of esters is 1. The highest BCUT2D eigenvalue weighted by atomic mass is 16.5. The number of hydrogen-bond acceptors (Lipinski definition) is 3. The molecule has 3 heteroatoms. The van der Waals surface area contributed by atoms with E-state index < -0.39 is 0 Å². The van der Waals surface area contributed by atoms with Crippen LogP contribution in [-0.2, 0) is 29.0 Å². The van der Waals surface area contributed by atoms with E-state index in [1.54, 1.807) is 6.92 Å². The molecule has 0 aromatic heterocycles. The number of aliphatic hydroxyl groups is 1. The summed E-state index contributed by atoms with van der Waals surface area (Å²) in [5.41, 5.74) is 9.65. The highest BCUT2D eigenvalue weighted by Gasteiger charge is 2.12. The van der Waals surface area contributed by atoms with Gasteiger partial charge in [0.25, 0.3) is 0 Å². The van der Waals surface area contributed by atoms with Crippen LogP contribution in [0.2, 0.25) is 0 Å². The minimum atomic E-state index is -0.367. The summed E-state index contributed by atoms with van der Waals surface area (Å²) in [5.74, 6) is -0.367. The molecule has 4 rings (SSSR count). The molecule has 4 aromatic rings. The zero-order valence-electron chi connectivity index (χ0n) is 20.7. The van der Waals surface area contributed by atoms with Gasteiger partial charge in [0.05, 0.1) is 13.2 Å². The Morgan fingerprint density at radius 2 is 1.60 bits per heavy atom. The second kappa shape index (κ2) is 10.7. The molecule has 1 N–H and O–H groups in total. The first-order valence-corrected chi connectivity index (χ1v) is 12.1. The van der Waals surface area contributed by atoms with Crippen molar-refractivity contribution in [3.63, 3.8) is 0 Å². The van der Waals surface area contributed by atoms with Gasteiger partial charge in [-0.05, 0) is 82.1 Å². The first kappa shape index (κ1) is 24.4. The first-order chi connectivity index (χ1) is 16.9. The number of hydrogen-bond donors (Lipinski definition) is 1. The maximum Gasteiger partial charge on any atom is 0.333 e. The minimum absolute atomic E-state index is 0.0171. The van der Waals surface area contributed by atoms with E-state index in [9.17, 15) is 9.90 Å². The van der Waals surface area contributed by atoms with Crippen LogP contribution < -0.4 is 0 Å². The van der Waals surface area contributed by atoms with Crippen LogP contribution in [0.5, 0.6) is 0 Å². The van der Waals surface area contributed by atoms with E-state index in [0.717, 1.165) is 39.4 Å². The number of aryl methyl sites for hydroxylation is 2. The van der Waals surface area contributed by atoms with Crippen molar-refractivity contribution in [1.29, 1.82) is 0 Å². The van der Waals surface area contributed by atoms with E-state index in [2.05, 4.69) is 69.0 Å². The van der Waals surface area contributed by atoms with Gasteiger partial charge < -0.3 is 9.84 Å². The van der Waals surface area contributed by atoms with Crippen molar-refractivity contribution in [2.24, 2.45) is 0 Å². The molecule has 0 radical (unpaired) electrons. The maximum absolute atomic E-state index is 11.9. The van der Waals surface area contributed by atoms with Gasteiger partial charge in [-0.1, -0.05) is 79.7 Å². The molecule has 0 saturated carbocycles. The Morgan fingerprint density at radius 1 is 0.857 bits per heavy atom. The SMILES string of the molecule is C=C(C)C(=O)OCCc1cc2cc(-c3ccc(C)cc3CC)ccc2cc1-c1ccc(CO)cc1. The van der Waals surface area contributed by atoms with Crippen LogP contribution in [0, 0.1) is 6.92 Å². The van der Waals surface area contributed by atoms with Gasteiger partial charge in [-0.3, -0.25) is 0 Å². The van der Waals surface area contributed by atoms with Gasteiger partial charge in [-0.25, -0.2) is 4.79 Å². The smallest absolute Gasteiger partial charge is 0.333 e. The number of aliphatic hydroxyl groups excluding tert-OH is 1. The lowest BCUT2D eigenvalue weighted by atomic mass is 9.91. The summed E-state index contributed by atoms with van der Waals surface area (Å²) in [6.07, 6.45) is 1.58. The zero-order chi connectivity index (χ0) is 24.9. The van der Waals surface area contributed by atoms with Gasteiger partial charge in [-0.15, -0.1) is 0 Å². The van der Waals surface area contributed by atoms with E-state index in [0.29, 0.717) is 12.0 Å². The van der Waals surface area contributed by atoms with Crippen molar-refractivity contribution in [2.45, 2.75) is 40.2 Å². The molecule has 0 saturated heterocycles. The molecule has 0 heterocycles. The Labute approximate surface area is 207 Å². The lowest BCUT2D eigenvalue weighted by Crippen LogP contribution is -2.08. The molecular formula is C32H32O3. The Balaban J connectivity index is 1.77. The predicted octanol–water partition coefficient (Wildman–Crippen LogP) is 7.20. The summed E-state index contributed by atoms with van der Waals surface area (Å²) in [6, 6.07) is 25.6. The fraction of sp³-hybridized carbons (Fsp3) is 0.219. The fourth-order valence-corrected chi connectivity index (χ4v) is 4.45. The highest BCUT2D eigenvalue weighted by Crippen LogP contribution is 2.33.